The molecule has 0 fully saturated rings. The Labute approximate surface area is 112 Å². The first-order valence-corrected chi connectivity index (χ1v) is 10.6. The van der Waals surface area contributed by atoms with Crippen LogP contribution in [0.5, 0.6) is 0 Å². The number of halogens is 2. The first-order chi connectivity index (χ1) is 8.15. The normalized spacial score (nSPS) is 10.5. The summed E-state index contributed by atoms with van der Waals surface area (Å²) >= 11 is -1.84. The molecule has 17 heavy (non-hydrogen) atoms. The number of nitrogens with two attached hydrogens (primary N) is 1. The third-order valence-corrected chi connectivity index (χ3v) is 5.47. The topological polar surface area (TPSA) is 63.8 Å². The SMILES string of the molecule is Nc1ccnc(Nc2ccc([As](Cl)Cl)cc2)n1. The van der Waals surface area contributed by atoms with Crippen molar-refractivity contribution in [3.8, 4) is 0 Å². The van der Waals surface area contributed by atoms with Gasteiger partial charge in [-0.05, 0) is 0 Å². The Morgan fingerprint density at radius 2 is 1.82 bits per heavy atom. The maximum atomic E-state index is 5.89. The molecule has 0 saturated carbocycles. The van der Waals surface area contributed by atoms with E-state index in [9.17, 15) is 0 Å². The molecule has 1 aromatic heterocycles. The maximum absolute atomic E-state index is 5.89. The average molecular weight is 331 g/mol. The summed E-state index contributed by atoms with van der Waals surface area (Å²) in [6.07, 6.45) is 1.60. The van der Waals surface area contributed by atoms with E-state index in [-0.39, 0.29) is 0 Å². The van der Waals surface area contributed by atoms with Gasteiger partial charge in [0.1, 0.15) is 0 Å². The molecule has 88 valence electrons. The average Bonchev–Trinajstić information content (AvgIpc) is 2.29. The van der Waals surface area contributed by atoms with Crippen LogP contribution in [0.4, 0.5) is 17.5 Å². The fraction of sp³-hybridized carbons (Fsp3) is 0. The van der Waals surface area contributed by atoms with Gasteiger partial charge in [0.25, 0.3) is 0 Å². The van der Waals surface area contributed by atoms with Gasteiger partial charge in [0.15, 0.2) is 0 Å². The second-order valence-electron chi connectivity index (χ2n) is 3.21. The van der Waals surface area contributed by atoms with Gasteiger partial charge in [-0.3, -0.25) is 0 Å². The Hall–Kier alpha value is -0.962. The summed E-state index contributed by atoms with van der Waals surface area (Å²) < 4.78 is 0.986. The second-order valence-corrected chi connectivity index (χ2v) is 9.68. The van der Waals surface area contributed by atoms with Crippen molar-refractivity contribution in [3.05, 3.63) is 36.5 Å². The molecule has 2 aromatic rings. The number of rotatable bonds is 3. The predicted molar refractivity (Wildman–Crippen MR) is 73.3 cm³/mol. The van der Waals surface area contributed by atoms with E-state index in [0.717, 1.165) is 10.0 Å². The second kappa shape index (κ2) is 5.58. The summed E-state index contributed by atoms with van der Waals surface area (Å²) in [7, 11) is 11.8. The first-order valence-electron chi connectivity index (χ1n) is 4.72. The molecular formula is C10H9AsCl2N4. The van der Waals surface area contributed by atoms with Crippen LogP contribution in [0.15, 0.2) is 36.5 Å². The van der Waals surface area contributed by atoms with Crippen molar-refractivity contribution in [3.63, 3.8) is 0 Å². The van der Waals surface area contributed by atoms with E-state index in [1.807, 2.05) is 24.3 Å². The first kappa shape index (κ1) is 12.5. The summed E-state index contributed by atoms with van der Waals surface area (Å²) in [5, 5.41) is 3.04. The van der Waals surface area contributed by atoms with Crippen LogP contribution in [-0.4, -0.2) is 22.7 Å². The van der Waals surface area contributed by atoms with E-state index < -0.39 is 12.8 Å². The van der Waals surface area contributed by atoms with Crippen LogP contribution < -0.4 is 15.4 Å². The van der Waals surface area contributed by atoms with Crippen molar-refractivity contribution < 1.29 is 0 Å². The van der Waals surface area contributed by atoms with Crippen molar-refractivity contribution in [1.82, 2.24) is 9.97 Å². The molecule has 0 spiro atoms. The quantitative estimate of drug-likeness (QED) is 0.845. The number of aromatic nitrogens is 2. The van der Waals surface area contributed by atoms with E-state index in [2.05, 4.69) is 15.3 Å². The van der Waals surface area contributed by atoms with Crippen molar-refractivity contribution in [2.24, 2.45) is 0 Å². The fourth-order valence-electron chi connectivity index (χ4n) is 1.22. The number of benzene rings is 1. The number of nitrogens with one attached hydrogen (secondary N) is 1. The van der Waals surface area contributed by atoms with Crippen molar-refractivity contribution >= 4 is 54.5 Å². The van der Waals surface area contributed by atoms with Gasteiger partial charge in [-0.2, -0.15) is 0 Å². The molecule has 0 atom stereocenters. The molecule has 0 unspecified atom stereocenters. The minimum atomic E-state index is -1.84. The van der Waals surface area contributed by atoms with Gasteiger partial charge in [-0.25, -0.2) is 0 Å². The molecule has 3 N–H and O–H groups in total. The van der Waals surface area contributed by atoms with Gasteiger partial charge in [0.05, 0.1) is 0 Å². The Kier molecular flexibility index (Phi) is 4.10. The van der Waals surface area contributed by atoms with E-state index in [0.29, 0.717) is 11.8 Å². The van der Waals surface area contributed by atoms with Crippen molar-refractivity contribution in [2.45, 2.75) is 0 Å². The summed E-state index contributed by atoms with van der Waals surface area (Å²) in [6.45, 7) is 0. The van der Waals surface area contributed by atoms with E-state index >= 15 is 0 Å². The molecule has 0 aliphatic carbocycles. The molecule has 1 aromatic carbocycles. The monoisotopic (exact) mass is 330 g/mol. The van der Waals surface area contributed by atoms with E-state index in [1.54, 1.807) is 12.3 Å². The minimum absolute atomic E-state index is 0.425. The number of nitrogen functional groups attached to an aromatic ring is 1. The third kappa shape index (κ3) is 3.50. The zero-order chi connectivity index (χ0) is 12.3. The molecule has 4 nitrogen and oxygen atoms in total. The zero-order valence-electron chi connectivity index (χ0n) is 8.64. The number of nitrogens with zero attached hydrogens (tertiary/aromatic N) is 2. The van der Waals surface area contributed by atoms with Crippen LogP contribution in [-0.2, 0) is 0 Å². The van der Waals surface area contributed by atoms with Crippen LogP contribution in [0.3, 0.4) is 0 Å². The number of anilines is 3. The summed E-state index contributed by atoms with van der Waals surface area (Å²) in [6, 6.07) is 9.19. The van der Waals surface area contributed by atoms with Gasteiger partial charge in [-0.1, -0.05) is 0 Å². The molecule has 0 aliphatic rings. The van der Waals surface area contributed by atoms with Gasteiger partial charge < -0.3 is 0 Å². The van der Waals surface area contributed by atoms with Crippen LogP contribution >= 0.6 is 19.9 Å². The van der Waals surface area contributed by atoms with Crippen molar-refractivity contribution in [1.29, 1.82) is 0 Å². The molecule has 1 heterocycles. The van der Waals surface area contributed by atoms with Gasteiger partial charge in [-0.15, -0.1) is 0 Å². The Bertz CT molecular complexity index is 504. The van der Waals surface area contributed by atoms with Gasteiger partial charge in [0, 0.05) is 0 Å². The summed E-state index contributed by atoms with van der Waals surface area (Å²) in [5.41, 5.74) is 6.42. The molecule has 7 heteroatoms. The zero-order valence-corrected chi connectivity index (χ0v) is 12.0. The van der Waals surface area contributed by atoms with Gasteiger partial charge in [0.2, 0.25) is 0 Å². The standard InChI is InChI=1S/C10H9AsCl2N4/c12-11(13)7-1-3-8(4-2-7)16-10-15-6-5-9(14)17-10/h1-6H,(H3,14,15,16,17). The number of hydrogen-bond acceptors (Lipinski definition) is 4. The predicted octanol–water partition coefficient (Wildman–Crippen LogP) is 1.98. The van der Waals surface area contributed by atoms with Crippen LogP contribution in [0, 0.1) is 0 Å². The van der Waals surface area contributed by atoms with Crippen molar-refractivity contribution in [2.75, 3.05) is 11.1 Å². The van der Waals surface area contributed by atoms with E-state index in [4.69, 9.17) is 25.6 Å². The molecule has 0 radical (unpaired) electrons. The van der Waals surface area contributed by atoms with Crippen LogP contribution in [0.1, 0.15) is 0 Å². The Morgan fingerprint density at radius 1 is 1.12 bits per heavy atom. The van der Waals surface area contributed by atoms with Crippen LogP contribution in [0.2, 0.25) is 0 Å². The fourth-order valence-corrected chi connectivity index (χ4v) is 3.18. The third-order valence-electron chi connectivity index (χ3n) is 2.00. The van der Waals surface area contributed by atoms with E-state index in [1.165, 1.54) is 0 Å². The molecular weight excluding hydrogens is 322 g/mol. The summed E-state index contributed by atoms with van der Waals surface area (Å²) in [5.74, 6) is 0.886. The molecule has 0 aliphatic heterocycles. The number of hydrogen-bond donors (Lipinski definition) is 2. The molecule has 0 saturated heterocycles. The Morgan fingerprint density at radius 3 is 2.41 bits per heavy atom. The van der Waals surface area contributed by atoms with Crippen LogP contribution in [0.25, 0.3) is 0 Å². The molecule has 2 rings (SSSR count). The molecule has 0 amide bonds. The van der Waals surface area contributed by atoms with Gasteiger partial charge >= 0.3 is 112 Å². The summed E-state index contributed by atoms with van der Waals surface area (Å²) in [4.78, 5) is 8.09. The molecule has 0 bridgehead atoms. The Balaban J connectivity index is 2.14.